The Morgan fingerprint density at radius 1 is 1.28 bits per heavy atom. The summed E-state index contributed by atoms with van der Waals surface area (Å²) in [6.07, 6.45) is 1.11. The summed E-state index contributed by atoms with van der Waals surface area (Å²) in [6.45, 7) is 2.27. The number of carbonyl (C=O) groups excluding carboxylic acids is 2. The molecule has 1 aromatic rings. The molecule has 3 heterocycles. The van der Waals surface area contributed by atoms with Gasteiger partial charge in [0.15, 0.2) is 11.5 Å². The normalized spacial score (nSPS) is 28.6. The quantitative estimate of drug-likeness (QED) is 0.776. The lowest BCUT2D eigenvalue weighted by atomic mass is 9.71. The average molecular weight is 346 g/mol. The fourth-order valence-electron chi connectivity index (χ4n) is 3.98. The van der Waals surface area contributed by atoms with Gasteiger partial charge in [0.25, 0.3) is 5.91 Å². The third-order valence-electron chi connectivity index (χ3n) is 5.40. The van der Waals surface area contributed by atoms with Gasteiger partial charge in [0.1, 0.15) is 13.2 Å². The van der Waals surface area contributed by atoms with E-state index in [0.29, 0.717) is 56.2 Å². The van der Waals surface area contributed by atoms with Crippen molar-refractivity contribution in [2.75, 3.05) is 32.8 Å². The summed E-state index contributed by atoms with van der Waals surface area (Å²) >= 11 is 0. The number of hydrogen-bond donors (Lipinski definition) is 2. The molecule has 7 heteroatoms. The monoisotopic (exact) mass is 346 g/mol. The van der Waals surface area contributed by atoms with Crippen LogP contribution in [-0.2, 0) is 4.79 Å². The van der Waals surface area contributed by atoms with Crippen LogP contribution in [0.2, 0.25) is 0 Å². The molecule has 3 aliphatic rings. The first-order valence-electron chi connectivity index (χ1n) is 8.75. The molecule has 7 nitrogen and oxygen atoms in total. The summed E-state index contributed by atoms with van der Waals surface area (Å²) in [5.74, 6) is 0.909. The van der Waals surface area contributed by atoms with Crippen LogP contribution in [0.4, 0.5) is 0 Å². The molecule has 25 heavy (non-hydrogen) atoms. The lowest BCUT2D eigenvalue weighted by molar-refractivity contribution is -0.147. The maximum absolute atomic E-state index is 12.9. The maximum Gasteiger partial charge on any atom is 0.254 e. The van der Waals surface area contributed by atoms with Crippen molar-refractivity contribution in [1.82, 2.24) is 10.2 Å². The fraction of sp³-hybridized carbons (Fsp3) is 0.556. The topological polar surface area (TPSA) is 88.1 Å². The van der Waals surface area contributed by atoms with Gasteiger partial charge in [-0.25, -0.2) is 0 Å². The van der Waals surface area contributed by atoms with E-state index < -0.39 is 11.5 Å². The standard InChI is InChI=1S/C18H22N2O5/c21-15-4-7-20(11-18(15)5-1-6-19-17(18)23)16(22)12-2-3-13-14(10-12)25-9-8-24-13/h2-3,10,15,21H,1,4-9,11H2,(H,19,23)/t15-,18+/m0/s1. The molecule has 2 fully saturated rings. The zero-order valence-electron chi connectivity index (χ0n) is 14.0. The Labute approximate surface area is 145 Å². The number of amides is 2. The molecule has 0 bridgehead atoms. The summed E-state index contributed by atoms with van der Waals surface area (Å²) in [5, 5.41) is 13.3. The van der Waals surface area contributed by atoms with E-state index in [1.165, 1.54) is 0 Å². The highest BCUT2D eigenvalue weighted by Gasteiger charge is 2.50. The van der Waals surface area contributed by atoms with Crippen LogP contribution in [0.1, 0.15) is 29.6 Å². The molecule has 1 aromatic carbocycles. The molecule has 2 atom stereocenters. The summed E-state index contributed by atoms with van der Waals surface area (Å²) < 4.78 is 11.0. The summed E-state index contributed by atoms with van der Waals surface area (Å²) in [6, 6.07) is 5.15. The Morgan fingerprint density at radius 3 is 2.88 bits per heavy atom. The van der Waals surface area contributed by atoms with Gasteiger partial charge in [-0.05, 0) is 37.5 Å². The van der Waals surface area contributed by atoms with Crippen LogP contribution in [0.3, 0.4) is 0 Å². The molecule has 0 radical (unpaired) electrons. The number of benzene rings is 1. The van der Waals surface area contributed by atoms with Crippen LogP contribution in [-0.4, -0.2) is 60.8 Å². The highest BCUT2D eigenvalue weighted by molar-refractivity contribution is 5.96. The maximum atomic E-state index is 12.9. The average Bonchev–Trinajstić information content (AvgIpc) is 2.65. The second-order valence-electron chi connectivity index (χ2n) is 6.91. The van der Waals surface area contributed by atoms with Crippen LogP contribution >= 0.6 is 0 Å². The molecule has 0 saturated carbocycles. The molecule has 0 unspecified atom stereocenters. The molecule has 4 rings (SSSR count). The number of aliphatic hydroxyl groups is 1. The van der Waals surface area contributed by atoms with E-state index in [0.717, 1.165) is 6.42 Å². The first-order chi connectivity index (χ1) is 12.1. The van der Waals surface area contributed by atoms with E-state index in [1.807, 2.05) is 0 Å². The van der Waals surface area contributed by atoms with Gasteiger partial charge in [-0.2, -0.15) is 0 Å². The van der Waals surface area contributed by atoms with E-state index in [4.69, 9.17) is 9.47 Å². The molecular weight excluding hydrogens is 324 g/mol. The van der Waals surface area contributed by atoms with Crippen LogP contribution in [0.5, 0.6) is 11.5 Å². The molecule has 2 amide bonds. The Morgan fingerprint density at radius 2 is 2.08 bits per heavy atom. The van der Waals surface area contributed by atoms with Gasteiger partial charge in [0.05, 0.1) is 11.5 Å². The molecule has 3 aliphatic heterocycles. The third-order valence-corrected chi connectivity index (χ3v) is 5.40. The Hall–Kier alpha value is -2.28. The number of ether oxygens (including phenoxy) is 2. The number of hydrogen-bond acceptors (Lipinski definition) is 5. The van der Waals surface area contributed by atoms with Crippen LogP contribution in [0, 0.1) is 5.41 Å². The second kappa shape index (κ2) is 6.22. The molecule has 1 spiro atoms. The minimum Gasteiger partial charge on any atom is -0.486 e. The predicted octanol–water partition coefficient (Wildman–Crippen LogP) is 0.561. The van der Waals surface area contributed by atoms with Gasteiger partial charge in [0.2, 0.25) is 5.91 Å². The second-order valence-corrected chi connectivity index (χ2v) is 6.91. The SMILES string of the molecule is O=C(c1ccc2c(c1)OCCO2)N1CC[C@H](O)[C@@]2(CCCNC2=O)C1. The van der Waals surface area contributed by atoms with Gasteiger partial charge in [0, 0.05) is 25.2 Å². The van der Waals surface area contributed by atoms with Gasteiger partial charge >= 0.3 is 0 Å². The number of piperidine rings is 2. The molecule has 2 N–H and O–H groups in total. The first-order valence-corrected chi connectivity index (χ1v) is 8.75. The van der Waals surface area contributed by atoms with Crippen molar-refractivity contribution in [2.24, 2.45) is 5.41 Å². The van der Waals surface area contributed by atoms with Gasteiger partial charge < -0.3 is 24.8 Å². The van der Waals surface area contributed by atoms with E-state index in [1.54, 1.807) is 23.1 Å². The van der Waals surface area contributed by atoms with Crippen molar-refractivity contribution in [3.8, 4) is 11.5 Å². The number of aliphatic hydroxyl groups excluding tert-OH is 1. The highest BCUT2D eigenvalue weighted by Crippen LogP contribution is 2.38. The van der Waals surface area contributed by atoms with E-state index in [-0.39, 0.29) is 18.4 Å². The highest BCUT2D eigenvalue weighted by atomic mass is 16.6. The fourth-order valence-corrected chi connectivity index (χ4v) is 3.98. The molecule has 2 saturated heterocycles. The van der Waals surface area contributed by atoms with Crippen LogP contribution in [0.25, 0.3) is 0 Å². The first kappa shape index (κ1) is 16.2. The Balaban J connectivity index is 1.57. The Kier molecular flexibility index (Phi) is 4.03. The van der Waals surface area contributed by atoms with Crippen molar-refractivity contribution in [1.29, 1.82) is 0 Å². The number of carbonyl (C=O) groups is 2. The number of fused-ring (bicyclic) bond motifs is 1. The van der Waals surface area contributed by atoms with Crippen molar-refractivity contribution >= 4 is 11.8 Å². The zero-order chi connectivity index (χ0) is 17.4. The van der Waals surface area contributed by atoms with Crippen molar-refractivity contribution in [3.63, 3.8) is 0 Å². The molecule has 0 aliphatic carbocycles. The van der Waals surface area contributed by atoms with E-state index in [2.05, 4.69) is 5.32 Å². The molecule has 0 aromatic heterocycles. The lowest BCUT2D eigenvalue weighted by Gasteiger charge is -2.46. The Bertz CT molecular complexity index is 707. The van der Waals surface area contributed by atoms with Gasteiger partial charge in [-0.1, -0.05) is 0 Å². The number of rotatable bonds is 1. The van der Waals surface area contributed by atoms with Crippen LogP contribution in [0.15, 0.2) is 18.2 Å². The zero-order valence-corrected chi connectivity index (χ0v) is 14.0. The lowest BCUT2D eigenvalue weighted by Crippen LogP contribution is -2.62. The summed E-state index contributed by atoms with van der Waals surface area (Å²) in [4.78, 5) is 27.0. The predicted molar refractivity (Wildman–Crippen MR) is 88.6 cm³/mol. The number of likely N-dealkylation sites (tertiary alicyclic amines) is 1. The third kappa shape index (κ3) is 2.72. The molecular formula is C18H22N2O5. The largest absolute Gasteiger partial charge is 0.486 e. The smallest absolute Gasteiger partial charge is 0.254 e. The summed E-state index contributed by atoms with van der Waals surface area (Å²) in [7, 11) is 0. The molecule has 134 valence electrons. The van der Waals surface area contributed by atoms with Crippen molar-refractivity contribution in [3.05, 3.63) is 23.8 Å². The van der Waals surface area contributed by atoms with Crippen molar-refractivity contribution in [2.45, 2.75) is 25.4 Å². The van der Waals surface area contributed by atoms with Gasteiger partial charge in [-0.15, -0.1) is 0 Å². The summed E-state index contributed by atoms with van der Waals surface area (Å²) in [5.41, 5.74) is -0.382. The van der Waals surface area contributed by atoms with E-state index in [9.17, 15) is 14.7 Å². The minimum absolute atomic E-state index is 0.147. The van der Waals surface area contributed by atoms with E-state index >= 15 is 0 Å². The number of nitrogens with one attached hydrogen (secondary N) is 1. The minimum atomic E-state index is -0.889. The van der Waals surface area contributed by atoms with Crippen LogP contribution < -0.4 is 14.8 Å². The van der Waals surface area contributed by atoms with Crippen molar-refractivity contribution < 1.29 is 24.2 Å². The number of nitrogens with zero attached hydrogens (tertiary/aromatic N) is 1. The van der Waals surface area contributed by atoms with Gasteiger partial charge in [-0.3, -0.25) is 9.59 Å².